The molecule has 1 aliphatic rings. The summed E-state index contributed by atoms with van der Waals surface area (Å²) in [5, 5.41) is 11.5. The maximum Gasteiger partial charge on any atom is 0.326 e. The number of amides is 3. The van der Waals surface area contributed by atoms with Crippen molar-refractivity contribution in [3.63, 3.8) is 0 Å². The van der Waals surface area contributed by atoms with Crippen molar-refractivity contribution < 1.29 is 24.3 Å². The molecule has 4 N–H and O–H groups in total. The highest BCUT2D eigenvalue weighted by Crippen LogP contribution is 2.17. The van der Waals surface area contributed by atoms with E-state index < -0.39 is 17.9 Å². The first-order chi connectivity index (χ1) is 9.81. The fourth-order valence-electron chi connectivity index (χ4n) is 2.29. The van der Waals surface area contributed by atoms with E-state index in [9.17, 15) is 19.2 Å². The zero-order valence-electron chi connectivity index (χ0n) is 12.0. The number of aliphatic carboxylic acids is 1. The fourth-order valence-corrected chi connectivity index (χ4v) is 2.29. The maximum atomic E-state index is 12.0. The summed E-state index contributed by atoms with van der Waals surface area (Å²) in [7, 11) is 0. The summed E-state index contributed by atoms with van der Waals surface area (Å²) in [4.78, 5) is 46.6. The van der Waals surface area contributed by atoms with Gasteiger partial charge in [-0.25, -0.2) is 4.79 Å². The van der Waals surface area contributed by atoms with Crippen LogP contribution in [0.4, 0.5) is 0 Å². The van der Waals surface area contributed by atoms with Crippen LogP contribution in [-0.2, 0) is 19.2 Å². The van der Waals surface area contributed by atoms with Crippen molar-refractivity contribution in [1.29, 1.82) is 0 Å². The van der Waals surface area contributed by atoms with Gasteiger partial charge in [0, 0.05) is 32.4 Å². The van der Waals surface area contributed by atoms with Crippen LogP contribution >= 0.6 is 0 Å². The predicted molar refractivity (Wildman–Crippen MR) is 73.0 cm³/mol. The maximum absolute atomic E-state index is 12.0. The molecule has 1 saturated heterocycles. The zero-order valence-corrected chi connectivity index (χ0v) is 12.0. The Balaban J connectivity index is 2.49. The van der Waals surface area contributed by atoms with E-state index in [-0.39, 0.29) is 30.6 Å². The second kappa shape index (κ2) is 7.61. The summed E-state index contributed by atoms with van der Waals surface area (Å²) in [6, 6.07) is -1.11. The van der Waals surface area contributed by atoms with Crippen LogP contribution in [0.5, 0.6) is 0 Å². The quantitative estimate of drug-likeness (QED) is 0.584. The summed E-state index contributed by atoms with van der Waals surface area (Å²) in [5.74, 6) is -2.49. The molecule has 1 heterocycles. The smallest absolute Gasteiger partial charge is 0.326 e. The largest absolute Gasteiger partial charge is 0.480 e. The molecule has 1 atom stereocenters. The second-order valence-corrected chi connectivity index (χ2v) is 5.18. The molecule has 1 fully saturated rings. The normalized spacial score (nSPS) is 17.1. The minimum absolute atomic E-state index is 0.0251. The highest BCUT2D eigenvalue weighted by Gasteiger charge is 2.29. The third kappa shape index (κ3) is 5.41. The molecule has 1 aliphatic heterocycles. The number of carboxylic acid groups (broad SMARTS) is 1. The zero-order chi connectivity index (χ0) is 16.0. The molecule has 0 spiro atoms. The Morgan fingerprint density at radius 1 is 1.29 bits per heavy atom. The van der Waals surface area contributed by atoms with Gasteiger partial charge in [-0.2, -0.15) is 0 Å². The Morgan fingerprint density at radius 2 is 1.86 bits per heavy atom. The van der Waals surface area contributed by atoms with Crippen LogP contribution in [0.1, 0.15) is 32.6 Å². The average Bonchev–Trinajstić information content (AvgIpc) is 2.42. The average molecular weight is 299 g/mol. The molecule has 0 aromatic heterocycles. The number of hydrogen-bond acceptors (Lipinski definition) is 4. The van der Waals surface area contributed by atoms with Gasteiger partial charge in [-0.15, -0.1) is 0 Å². The minimum atomic E-state index is -1.19. The van der Waals surface area contributed by atoms with Gasteiger partial charge in [0.25, 0.3) is 0 Å². The molecule has 0 bridgehead atoms. The van der Waals surface area contributed by atoms with E-state index in [1.54, 1.807) is 4.90 Å². The van der Waals surface area contributed by atoms with Gasteiger partial charge in [-0.05, 0) is 19.3 Å². The first kappa shape index (κ1) is 16.9. The van der Waals surface area contributed by atoms with Gasteiger partial charge in [0.2, 0.25) is 17.7 Å². The Morgan fingerprint density at radius 3 is 2.29 bits per heavy atom. The monoisotopic (exact) mass is 299 g/mol. The minimum Gasteiger partial charge on any atom is -0.480 e. The van der Waals surface area contributed by atoms with E-state index in [1.165, 1.54) is 6.92 Å². The van der Waals surface area contributed by atoms with Crippen LogP contribution in [0.25, 0.3) is 0 Å². The lowest BCUT2D eigenvalue weighted by Gasteiger charge is -2.31. The first-order valence-electron chi connectivity index (χ1n) is 6.88. The molecule has 8 heteroatoms. The lowest BCUT2D eigenvalue weighted by Crippen LogP contribution is -2.47. The number of nitrogens with two attached hydrogens (primary N) is 1. The molecule has 0 aromatic rings. The number of likely N-dealkylation sites (tertiary alicyclic amines) is 1. The molecule has 1 rings (SSSR count). The Labute approximate surface area is 122 Å². The number of piperidine rings is 1. The molecule has 0 unspecified atom stereocenters. The number of carbonyl (C=O) groups is 4. The van der Waals surface area contributed by atoms with E-state index in [2.05, 4.69) is 5.32 Å². The van der Waals surface area contributed by atoms with Crippen molar-refractivity contribution in [2.45, 2.75) is 38.6 Å². The van der Waals surface area contributed by atoms with Gasteiger partial charge in [-0.1, -0.05) is 0 Å². The van der Waals surface area contributed by atoms with E-state index in [4.69, 9.17) is 10.8 Å². The molecule has 0 aromatic carbocycles. The Hall–Kier alpha value is -2.12. The number of rotatable bonds is 6. The fraction of sp³-hybridized carbons (Fsp3) is 0.692. The van der Waals surface area contributed by atoms with E-state index in [1.807, 2.05) is 0 Å². The predicted octanol–water partition coefficient (Wildman–Crippen LogP) is -0.920. The second-order valence-electron chi connectivity index (χ2n) is 5.18. The molecule has 21 heavy (non-hydrogen) atoms. The lowest BCUT2D eigenvalue weighted by atomic mass is 9.95. The van der Waals surface area contributed by atoms with Crippen LogP contribution < -0.4 is 11.1 Å². The van der Waals surface area contributed by atoms with Crippen LogP contribution in [-0.4, -0.2) is 52.8 Å². The number of carbonyl (C=O) groups excluding carboxylic acids is 3. The van der Waals surface area contributed by atoms with Crippen molar-refractivity contribution in [3.05, 3.63) is 0 Å². The molecule has 8 nitrogen and oxygen atoms in total. The van der Waals surface area contributed by atoms with Gasteiger partial charge < -0.3 is 21.1 Å². The van der Waals surface area contributed by atoms with Gasteiger partial charge in [-0.3, -0.25) is 14.4 Å². The SMILES string of the molecule is CC(=O)N1CCC(C(=O)N[C@@H](CCC(N)=O)C(=O)O)CC1. The van der Waals surface area contributed by atoms with Crippen LogP contribution in [0.2, 0.25) is 0 Å². The summed E-state index contributed by atoms with van der Waals surface area (Å²) in [6.45, 7) is 2.46. The first-order valence-corrected chi connectivity index (χ1v) is 6.88. The summed E-state index contributed by atoms with van der Waals surface area (Å²) >= 11 is 0. The number of nitrogens with one attached hydrogen (secondary N) is 1. The van der Waals surface area contributed by atoms with Crippen molar-refractivity contribution in [3.8, 4) is 0 Å². The van der Waals surface area contributed by atoms with E-state index >= 15 is 0 Å². The third-order valence-electron chi connectivity index (χ3n) is 3.61. The van der Waals surface area contributed by atoms with Crippen LogP contribution in [0.15, 0.2) is 0 Å². The highest BCUT2D eigenvalue weighted by molar-refractivity contribution is 5.85. The van der Waals surface area contributed by atoms with Gasteiger partial charge >= 0.3 is 5.97 Å². The molecule has 0 aliphatic carbocycles. The van der Waals surface area contributed by atoms with Gasteiger partial charge in [0.15, 0.2) is 0 Å². The molecule has 118 valence electrons. The Kier molecular flexibility index (Phi) is 6.13. The number of carboxylic acids is 1. The van der Waals surface area contributed by atoms with Gasteiger partial charge in [0.05, 0.1) is 0 Å². The van der Waals surface area contributed by atoms with Crippen molar-refractivity contribution in [2.24, 2.45) is 11.7 Å². The van der Waals surface area contributed by atoms with Crippen LogP contribution in [0.3, 0.4) is 0 Å². The highest BCUT2D eigenvalue weighted by atomic mass is 16.4. The van der Waals surface area contributed by atoms with Crippen LogP contribution in [0, 0.1) is 5.92 Å². The number of nitrogens with zero attached hydrogens (tertiary/aromatic N) is 1. The molecule has 0 saturated carbocycles. The summed E-state index contributed by atoms with van der Waals surface area (Å²) < 4.78 is 0. The molecular formula is C13H21N3O5. The molecular weight excluding hydrogens is 278 g/mol. The van der Waals surface area contributed by atoms with E-state index in [0.717, 1.165) is 0 Å². The lowest BCUT2D eigenvalue weighted by molar-refractivity contribution is -0.143. The number of primary amides is 1. The van der Waals surface area contributed by atoms with Gasteiger partial charge in [0.1, 0.15) is 6.04 Å². The Bertz CT molecular complexity index is 430. The topological polar surface area (TPSA) is 130 Å². The van der Waals surface area contributed by atoms with Crippen molar-refractivity contribution in [2.75, 3.05) is 13.1 Å². The molecule has 3 amide bonds. The van der Waals surface area contributed by atoms with Crippen molar-refractivity contribution >= 4 is 23.7 Å². The third-order valence-corrected chi connectivity index (χ3v) is 3.61. The summed E-state index contributed by atoms with van der Waals surface area (Å²) in [6.07, 6.45) is 0.893. The number of hydrogen-bond donors (Lipinski definition) is 3. The van der Waals surface area contributed by atoms with Crippen molar-refractivity contribution in [1.82, 2.24) is 10.2 Å². The molecule has 0 radical (unpaired) electrons. The standard InChI is InChI=1S/C13H21N3O5/c1-8(17)16-6-4-9(5-7-16)12(19)15-10(13(20)21)2-3-11(14)18/h9-10H,2-7H2,1H3,(H2,14,18)(H,15,19)(H,20,21)/t10-/m0/s1. The van der Waals surface area contributed by atoms with E-state index in [0.29, 0.717) is 25.9 Å². The summed E-state index contributed by atoms with van der Waals surface area (Å²) in [5.41, 5.74) is 4.98.